The Morgan fingerprint density at radius 2 is 2.10 bits per heavy atom. The lowest BCUT2D eigenvalue weighted by molar-refractivity contribution is 0.177. The molecular weight excluding hydrogens is 263 g/mol. The molecule has 0 radical (unpaired) electrons. The third kappa shape index (κ3) is 3.40. The highest BCUT2D eigenvalue weighted by molar-refractivity contribution is 5.39. The number of methoxy groups -OCH3 is 1. The fraction of sp³-hybridized carbons (Fsp3) is 0.231. The van der Waals surface area contributed by atoms with Crippen molar-refractivity contribution >= 4 is 5.82 Å². The number of ether oxygens (including phenoxy) is 2. The zero-order chi connectivity index (χ0) is 14.5. The van der Waals surface area contributed by atoms with Crippen LogP contribution >= 0.6 is 0 Å². The third-order valence-electron chi connectivity index (χ3n) is 2.47. The molecule has 0 spiro atoms. The SMILES string of the molecule is COCc1nc(NN)cc(Oc2cc(C)ccc2F)n1. The topological polar surface area (TPSA) is 82.3 Å². The van der Waals surface area contributed by atoms with Gasteiger partial charge >= 0.3 is 0 Å². The Hall–Kier alpha value is -2.25. The summed E-state index contributed by atoms with van der Waals surface area (Å²) in [6.45, 7) is 2.04. The number of hydrazine groups is 1. The van der Waals surface area contributed by atoms with Crippen molar-refractivity contribution in [2.24, 2.45) is 5.84 Å². The summed E-state index contributed by atoms with van der Waals surface area (Å²) in [5.74, 6) is 5.87. The Kier molecular flexibility index (Phi) is 4.44. The van der Waals surface area contributed by atoms with E-state index in [1.807, 2.05) is 6.92 Å². The van der Waals surface area contributed by atoms with Crippen LogP contribution in [0.15, 0.2) is 24.3 Å². The fourth-order valence-electron chi connectivity index (χ4n) is 1.59. The molecule has 1 aromatic carbocycles. The van der Waals surface area contributed by atoms with Gasteiger partial charge in [0.25, 0.3) is 0 Å². The van der Waals surface area contributed by atoms with Gasteiger partial charge in [-0.25, -0.2) is 15.2 Å². The van der Waals surface area contributed by atoms with Crippen molar-refractivity contribution in [3.8, 4) is 11.6 Å². The first-order valence-corrected chi connectivity index (χ1v) is 5.90. The minimum Gasteiger partial charge on any atom is -0.436 e. The van der Waals surface area contributed by atoms with E-state index in [0.717, 1.165) is 5.56 Å². The van der Waals surface area contributed by atoms with E-state index in [9.17, 15) is 4.39 Å². The van der Waals surface area contributed by atoms with Crippen LogP contribution in [0.1, 0.15) is 11.4 Å². The Bertz CT molecular complexity index is 607. The van der Waals surface area contributed by atoms with Gasteiger partial charge in [0.15, 0.2) is 17.4 Å². The molecule has 0 aliphatic rings. The maximum Gasteiger partial charge on any atom is 0.224 e. The van der Waals surface area contributed by atoms with Crippen molar-refractivity contribution in [3.05, 3.63) is 41.5 Å². The van der Waals surface area contributed by atoms with Gasteiger partial charge < -0.3 is 14.9 Å². The van der Waals surface area contributed by atoms with Crippen LogP contribution in [0.25, 0.3) is 0 Å². The molecule has 2 aromatic rings. The first-order valence-electron chi connectivity index (χ1n) is 5.90. The van der Waals surface area contributed by atoms with Crippen molar-refractivity contribution in [3.63, 3.8) is 0 Å². The van der Waals surface area contributed by atoms with Crippen LogP contribution in [0.3, 0.4) is 0 Å². The molecule has 0 amide bonds. The Labute approximate surface area is 115 Å². The second-order valence-electron chi connectivity index (χ2n) is 4.12. The number of nitrogens with zero attached hydrogens (tertiary/aromatic N) is 2. The zero-order valence-electron chi connectivity index (χ0n) is 11.2. The first-order chi connectivity index (χ1) is 9.62. The van der Waals surface area contributed by atoms with E-state index in [0.29, 0.717) is 11.6 Å². The molecule has 0 saturated heterocycles. The van der Waals surface area contributed by atoms with Gasteiger partial charge in [0.05, 0.1) is 0 Å². The van der Waals surface area contributed by atoms with Gasteiger partial charge in [0.1, 0.15) is 12.4 Å². The molecule has 0 saturated carbocycles. The number of nitrogens with one attached hydrogen (secondary N) is 1. The molecule has 3 N–H and O–H groups in total. The van der Waals surface area contributed by atoms with Gasteiger partial charge in [-0.3, -0.25) is 0 Å². The number of aromatic nitrogens is 2. The summed E-state index contributed by atoms with van der Waals surface area (Å²) >= 11 is 0. The summed E-state index contributed by atoms with van der Waals surface area (Å²) < 4.78 is 24.0. The number of nitrogens with two attached hydrogens (primary N) is 1. The summed E-state index contributed by atoms with van der Waals surface area (Å²) in [5.41, 5.74) is 3.28. The minimum atomic E-state index is -0.468. The number of aryl methyl sites for hydroxylation is 1. The normalized spacial score (nSPS) is 10.4. The lowest BCUT2D eigenvalue weighted by Crippen LogP contribution is -2.11. The minimum absolute atomic E-state index is 0.0926. The standard InChI is InChI=1S/C13H15FN4O2/c1-8-3-4-9(14)10(5-8)20-13-6-11(18-15)16-12(17-13)7-19-2/h3-6H,7,15H2,1-2H3,(H,16,17,18). The Balaban J connectivity index is 2.32. The van der Waals surface area contributed by atoms with E-state index in [-0.39, 0.29) is 18.2 Å². The monoisotopic (exact) mass is 278 g/mol. The molecule has 0 bridgehead atoms. The third-order valence-corrected chi connectivity index (χ3v) is 2.47. The summed E-state index contributed by atoms with van der Waals surface area (Å²) in [7, 11) is 1.52. The Morgan fingerprint density at radius 1 is 1.30 bits per heavy atom. The lowest BCUT2D eigenvalue weighted by atomic mass is 10.2. The van der Waals surface area contributed by atoms with Crippen LogP contribution in [-0.4, -0.2) is 17.1 Å². The fourth-order valence-corrected chi connectivity index (χ4v) is 1.59. The maximum absolute atomic E-state index is 13.7. The van der Waals surface area contributed by atoms with Crippen molar-refractivity contribution in [2.75, 3.05) is 12.5 Å². The molecule has 1 aromatic heterocycles. The molecule has 0 fully saturated rings. The molecule has 0 aliphatic heterocycles. The van der Waals surface area contributed by atoms with E-state index in [4.69, 9.17) is 15.3 Å². The van der Waals surface area contributed by atoms with Crippen LogP contribution < -0.4 is 16.0 Å². The average molecular weight is 278 g/mol. The molecule has 0 unspecified atom stereocenters. The van der Waals surface area contributed by atoms with Gasteiger partial charge in [-0.05, 0) is 24.6 Å². The second kappa shape index (κ2) is 6.27. The van der Waals surface area contributed by atoms with Crippen LogP contribution in [0.2, 0.25) is 0 Å². The van der Waals surface area contributed by atoms with Gasteiger partial charge in [0.2, 0.25) is 5.88 Å². The van der Waals surface area contributed by atoms with Crippen molar-refractivity contribution in [2.45, 2.75) is 13.5 Å². The van der Waals surface area contributed by atoms with Crippen LogP contribution in [0.5, 0.6) is 11.6 Å². The van der Waals surface area contributed by atoms with Gasteiger partial charge in [-0.2, -0.15) is 4.98 Å². The van der Waals surface area contributed by atoms with E-state index in [1.165, 1.54) is 19.2 Å². The predicted molar refractivity (Wildman–Crippen MR) is 71.8 cm³/mol. The van der Waals surface area contributed by atoms with Gasteiger partial charge in [-0.15, -0.1) is 0 Å². The van der Waals surface area contributed by atoms with Crippen molar-refractivity contribution in [1.29, 1.82) is 0 Å². The summed E-state index contributed by atoms with van der Waals surface area (Å²) in [6, 6.07) is 6.05. The van der Waals surface area contributed by atoms with E-state index >= 15 is 0 Å². The lowest BCUT2D eigenvalue weighted by Gasteiger charge is -2.09. The van der Waals surface area contributed by atoms with Crippen LogP contribution in [-0.2, 0) is 11.3 Å². The van der Waals surface area contributed by atoms with E-state index < -0.39 is 5.82 Å². The number of benzene rings is 1. The van der Waals surface area contributed by atoms with Crippen molar-refractivity contribution in [1.82, 2.24) is 9.97 Å². The van der Waals surface area contributed by atoms with Gasteiger partial charge in [0, 0.05) is 13.2 Å². The maximum atomic E-state index is 13.7. The number of anilines is 1. The van der Waals surface area contributed by atoms with Crippen LogP contribution in [0, 0.1) is 12.7 Å². The molecule has 0 aliphatic carbocycles. The van der Waals surface area contributed by atoms with E-state index in [2.05, 4.69) is 15.4 Å². The molecule has 106 valence electrons. The molecule has 0 atom stereocenters. The summed E-state index contributed by atoms with van der Waals surface area (Å²) in [4.78, 5) is 8.19. The Morgan fingerprint density at radius 3 is 2.80 bits per heavy atom. The number of nitrogen functional groups attached to an aromatic ring is 1. The van der Waals surface area contributed by atoms with Crippen molar-refractivity contribution < 1.29 is 13.9 Å². The van der Waals surface area contributed by atoms with Gasteiger partial charge in [-0.1, -0.05) is 6.07 Å². The quantitative estimate of drug-likeness (QED) is 0.644. The molecule has 7 heteroatoms. The number of hydrogen-bond donors (Lipinski definition) is 2. The number of rotatable bonds is 5. The largest absolute Gasteiger partial charge is 0.436 e. The summed E-state index contributed by atoms with van der Waals surface area (Å²) in [5, 5.41) is 0. The molecule has 2 rings (SSSR count). The molecule has 20 heavy (non-hydrogen) atoms. The predicted octanol–water partition coefficient (Wildman–Crippen LogP) is 2.15. The summed E-state index contributed by atoms with van der Waals surface area (Å²) in [6.07, 6.45) is 0. The number of halogens is 1. The highest BCUT2D eigenvalue weighted by atomic mass is 19.1. The first kappa shape index (κ1) is 14.2. The highest BCUT2D eigenvalue weighted by Crippen LogP contribution is 2.25. The zero-order valence-corrected chi connectivity index (χ0v) is 11.2. The molecular formula is C13H15FN4O2. The smallest absolute Gasteiger partial charge is 0.224 e. The van der Waals surface area contributed by atoms with E-state index in [1.54, 1.807) is 12.1 Å². The average Bonchev–Trinajstić information content (AvgIpc) is 2.43. The van der Waals surface area contributed by atoms with Crippen LogP contribution in [0.4, 0.5) is 10.2 Å². The molecule has 1 heterocycles. The highest BCUT2D eigenvalue weighted by Gasteiger charge is 2.09. The second-order valence-corrected chi connectivity index (χ2v) is 4.12. The molecule has 6 nitrogen and oxygen atoms in total. The number of hydrogen-bond acceptors (Lipinski definition) is 6.